The van der Waals surface area contributed by atoms with Crippen molar-refractivity contribution in [3.05, 3.63) is 0 Å². The van der Waals surface area contributed by atoms with E-state index in [0.29, 0.717) is 31.3 Å². The molecule has 1 saturated heterocycles. The highest BCUT2D eigenvalue weighted by molar-refractivity contribution is 5.82. The Hall–Kier alpha value is -0.410. The van der Waals surface area contributed by atoms with Crippen molar-refractivity contribution in [2.45, 2.75) is 32.7 Å². The third-order valence-electron chi connectivity index (χ3n) is 2.83. The molecule has 2 unspecified atom stereocenters. The topological polar surface area (TPSA) is 38.3 Å². The van der Waals surface area contributed by atoms with Gasteiger partial charge in [0.15, 0.2) is 0 Å². The fourth-order valence-corrected chi connectivity index (χ4v) is 1.77. The Morgan fingerprint density at radius 1 is 1.50 bits per heavy atom. The minimum atomic E-state index is 0.0822. The van der Waals surface area contributed by atoms with E-state index in [9.17, 15) is 4.79 Å². The van der Waals surface area contributed by atoms with E-state index in [4.69, 9.17) is 4.74 Å². The molecule has 1 aliphatic heterocycles. The van der Waals surface area contributed by atoms with Gasteiger partial charge in [-0.3, -0.25) is 4.79 Å². The van der Waals surface area contributed by atoms with Crippen LogP contribution < -0.4 is 5.32 Å². The van der Waals surface area contributed by atoms with Gasteiger partial charge in [0.1, 0.15) is 5.78 Å². The summed E-state index contributed by atoms with van der Waals surface area (Å²) in [7, 11) is 1.89. The van der Waals surface area contributed by atoms with Crippen LogP contribution in [0.4, 0.5) is 0 Å². The van der Waals surface area contributed by atoms with Gasteiger partial charge >= 0.3 is 0 Å². The first-order valence-corrected chi connectivity index (χ1v) is 5.43. The highest BCUT2D eigenvalue weighted by Gasteiger charge is 2.32. The van der Waals surface area contributed by atoms with Crippen molar-refractivity contribution >= 4 is 5.78 Å². The van der Waals surface area contributed by atoms with Crippen LogP contribution >= 0.6 is 0 Å². The Labute approximate surface area is 86.2 Å². The zero-order valence-corrected chi connectivity index (χ0v) is 9.38. The summed E-state index contributed by atoms with van der Waals surface area (Å²) in [4.78, 5) is 11.8. The zero-order chi connectivity index (χ0) is 10.6. The molecule has 0 radical (unpaired) electrons. The lowest BCUT2D eigenvalue weighted by atomic mass is 9.93. The van der Waals surface area contributed by atoms with Gasteiger partial charge in [0.05, 0.1) is 19.1 Å². The molecule has 0 aromatic rings. The van der Waals surface area contributed by atoms with E-state index < -0.39 is 0 Å². The van der Waals surface area contributed by atoms with Crippen LogP contribution in [-0.4, -0.2) is 32.1 Å². The smallest absolute Gasteiger partial charge is 0.139 e. The van der Waals surface area contributed by atoms with E-state index in [-0.39, 0.29) is 12.0 Å². The zero-order valence-electron chi connectivity index (χ0n) is 9.38. The minimum Gasteiger partial charge on any atom is -0.379 e. The molecule has 1 rings (SSSR count). The van der Waals surface area contributed by atoms with Crippen LogP contribution in [0, 0.1) is 11.8 Å². The largest absolute Gasteiger partial charge is 0.379 e. The molecular weight excluding hydrogens is 178 g/mol. The van der Waals surface area contributed by atoms with E-state index >= 15 is 0 Å². The minimum absolute atomic E-state index is 0.0822. The Bertz CT molecular complexity index is 192. The summed E-state index contributed by atoms with van der Waals surface area (Å²) < 4.78 is 5.31. The van der Waals surface area contributed by atoms with Crippen LogP contribution in [0.25, 0.3) is 0 Å². The Balaban J connectivity index is 2.35. The molecule has 14 heavy (non-hydrogen) atoms. The summed E-state index contributed by atoms with van der Waals surface area (Å²) in [5.41, 5.74) is 0. The van der Waals surface area contributed by atoms with E-state index in [0.717, 1.165) is 6.42 Å². The molecule has 3 heteroatoms. The van der Waals surface area contributed by atoms with Gasteiger partial charge in [-0.25, -0.2) is 0 Å². The van der Waals surface area contributed by atoms with Crippen molar-refractivity contribution in [1.82, 2.24) is 5.32 Å². The second kappa shape index (κ2) is 5.47. The second-order valence-electron chi connectivity index (χ2n) is 4.44. The van der Waals surface area contributed by atoms with Crippen LogP contribution in [0.5, 0.6) is 0 Å². The fraction of sp³-hybridized carbons (Fsp3) is 0.909. The molecule has 0 saturated carbocycles. The predicted molar refractivity (Wildman–Crippen MR) is 56.2 cm³/mol. The molecule has 0 aromatic heterocycles. The first kappa shape index (κ1) is 11.7. The van der Waals surface area contributed by atoms with Crippen molar-refractivity contribution in [2.75, 3.05) is 20.3 Å². The lowest BCUT2D eigenvalue weighted by Crippen LogP contribution is -2.36. The van der Waals surface area contributed by atoms with Crippen molar-refractivity contribution in [3.8, 4) is 0 Å². The Kier molecular flexibility index (Phi) is 4.55. The first-order chi connectivity index (χ1) is 6.65. The number of hydrogen-bond donors (Lipinski definition) is 1. The molecule has 0 spiro atoms. The lowest BCUT2D eigenvalue weighted by Gasteiger charge is -2.15. The summed E-state index contributed by atoms with van der Waals surface area (Å²) in [5.74, 6) is 1.05. The fourth-order valence-electron chi connectivity index (χ4n) is 1.77. The highest BCUT2D eigenvalue weighted by Crippen LogP contribution is 2.18. The summed E-state index contributed by atoms with van der Waals surface area (Å²) >= 11 is 0. The third-order valence-corrected chi connectivity index (χ3v) is 2.83. The summed E-state index contributed by atoms with van der Waals surface area (Å²) in [6.07, 6.45) is 1.69. The molecule has 2 atom stereocenters. The molecule has 0 bridgehead atoms. The molecule has 0 amide bonds. The maximum atomic E-state index is 11.8. The number of carbonyl (C=O) groups is 1. The predicted octanol–water partition coefficient (Wildman–Crippen LogP) is 1.23. The number of ketones is 1. The van der Waals surface area contributed by atoms with Crippen molar-refractivity contribution in [2.24, 2.45) is 11.8 Å². The molecular formula is C11H21NO2. The Morgan fingerprint density at radius 3 is 2.79 bits per heavy atom. The standard InChI is InChI=1S/C11H21NO2/c1-8(2)4-5-11(13)9-6-14-7-10(9)12-3/h8-10,12H,4-7H2,1-3H3. The number of likely N-dealkylation sites (N-methyl/N-ethyl adjacent to an activating group) is 1. The Morgan fingerprint density at radius 2 is 2.21 bits per heavy atom. The number of Topliss-reactive ketones (excluding diaryl/α,β-unsaturated/α-hetero) is 1. The van der Waals surface area contributed by atoms with Gasteiger partial charge in [0.25, 0.3) is 0 Å². The third kappa shape index (κ3) is 3.07. The van der Waals surface area contributed by atoms with Gasteiger partial charge in [-0.15, -0.1) is 0 Å². The van der Waals surface area contributed by atoms with Crippen LogP contribution in [0.3, 0.4) is 0 Å². The monoisotopic (exact) mass is 199 g/mol. The van der Waals surface area contributed by atoms with Crippen LogP contribution in [0.15, 0.2) is 0 Å². The molecule has 1 heterocycles. The van der Waals surface area contributed by atoms with Gasteiger partial charge < -0.3 is 10.1 Å². The molecule has 3 nitrogen and oxygen atoms in total. The summed E-state index contributed by atoms with van der Waals surface area (Å²) in [5, 5.41) is 3.14. The first-order valence-electron chi connectivity index (χ1n) is 5.43. The molecule has 1 aliphatic rings. The maximum Gasteiger partial charge on any atom is 0.139 e. The van der Waals surface area contributed by atoms with Gasteiger partial charge in [-0.1, -0.05) is 13.8 Å². The van der Waals surface area contributed by atoms with E-state index in [1.165, 1.54) is 0 Å². The van der Waals surface area contributed by atoms with Crippen molar-refractivity contribution < 1.29 is 9.53 Å². The lowest BCUT2D eigenvalue weighted by molar-refractivity contribution is -0.123. The second-order valence-corrected chi connectivity index (χ2v) is 4.44. The van der Waals surface area contributed by atoms with Crippen LogP contribution in [0.1, 0.15) is 26.7 Å². The molecule has 1 fully saturated rings. The SMILES string of the molecule is CNC1COCC1C(=O)CCC(C)C. The van der Waals surface area contributed by atoms with E-state index in [2.05, 4.69) is 19.2 Å². The molecule has 1 N–H and O–H groups in total. The number of carbonyl (C=O) groups excluding carboxylic acids is 1. The summed E-state index contributed by atoms with van der Waals surface area (Å²) in [6, 6.07) is 0.231. The van der Waals surface area contributed by atoms with Crippen molar-refractivity contribution in [3.63, 3.8) is 0 Å². The highest BCUT2D eigenvalue weighted by atomic mass is 16.5. The van der Waals surface area contributed by atoms with E-state index in [1.54, 1.807) is 0 Å². The number of nitrogens with one attached hydrogen (secondary N) is 1. The van der Waals surface area contributed by atoms with E-state index in [1.807, 2.05) is 7.05 Å². The molecule has 0 aliphatic carbocycles. The van der Waals surface area contributed by atoms with Gasteiger partial charge in [-0.2, -0.15) is 0 Å². The molecule has 0 aromatic carbocycles. The number of hydrogen-bond acceptors (Lipinski definition) is 3. The number of ether oxygens (including phenoxy) is 1. The summed E-state index contributed by atoms with van der Waals surface area (Å²) in [6.45, 7) is 5.57. The van der Waals surface area contributed by atoms with Gasteiger partial charge in [0, 0.05) is 12.5 Å². The quantitative estimate of drug-likeness (QED) is 0.723. The number of rotatable bonds is 5. The van der Waals surface area contributed by atoms with Gasteiger partial charge in [-0.05, 0) is 19.4 Å². The van der Waals surface area contributed by atoms with Gasteiger partial charge in [0.2, 0.25) is 0 Å². The average molecular weight is 199 g/mol. The maximum absolute atomic E-state index is 11.8. The van der Waals surface area contributed by atoms with Crippen LogP contribution in [0.2, 0.25) is 0 Å². The molecule has 82 valence electrons. The average Bonchev–Trinajstić information content (AvgIpc) is 2.61. The van der Waals surface area contributed by atoms with Crippen molar-refractivity contribution in [1.29, 1.82) is 0 Å². The van der Waals surface area contributed by atoms with Crippen LogP contribution in [-0.2, 0) is 9.53 Å². The normalized spacial score (nSPS) is 27.1.